The van der Waals surface area contributed by atoms with Crippen LogP contribution in [0.25, 0.3) is 155 Å². The van der Waals surface area contributed by atoms with Crippen molar-refractivity contribution in [3.63, 3.8) is 0 Å². The van der Waals surface area contributed by atoms with Crippen LogP contribution in [-0.2, 0) is 0 Å². The second kappa shape index (κ2) is 16.1. The molecule has 0 atom stereocenters. The Bertz CT molecular complexity index is 4300. The maximum Gasteiger partial charge on any atom is -0.000741 e. The van der Waals surface area contributed by atoms with Crippen molar-refractivity contribution in [1.29, 1.82) is 0 Å². The normalized spacial score (nSPS) is 11.9. The van der Waals surface area contributed by atoms with Gasteiger partial charge in [-0.15, -0.1) is 0 Å². The number of fused-ring (bicyclic) bond motifs is 7. The van der Waals surface area contributed by atoms with Gasteiger partial charge in [-0.25, -0.2) is 0 Å². The molecule has 0 saturated carbocycles. The topological polar surface area (TPSA) is 0 Å². The highest BCUT2D eigenvalue weighted by molar-refractivity contribution is 6.30. The minimum absolute atomic E-state index is 1.22. The fourth-order valence-corrected chi connectivity index (χ4v) is 12.5. The maximum atomic E-state index is 2.43. The fraction of sp³-hybridized carbons (Fsp3) is 0. The van der Waals surface area contributed by atoms with E-state index in [2.05, 4.69) is 267 Å². The third-order valence-corrected chi connectivity index (χ3v) is 15.6. The molecule has 13 aromatic carbocycles. The molecule has 0 aliphatic heterocycles. The van der Waals surface area contributed by atoms with E-state index < -0.39 is 0 Å². The Hall–Kier alpha value is -9.36. The molecule has 0 N–H and O–H groups in total. The van der Waals surface area contributed by atoms with Crippen molar-refractivity contribution in [2.45, 2.75) is 0 Å². The van der Waals surface area contributed by atoms with E-state index >= 15 is 0 Å². The van der Waals surface area contributed by atoms with E-state index in [1.54, 1.807) is 0 Å². The van der Waals surface area contributed by atoms with Crippen LogP contribution in [0.2, 0.25) is 0 Å². The summed E-state index contributed by atoms with van der Waals surface area (Å²) in [7, 11) is 0. The van der Waals surface area contributed by atoms with Crippen LogP contribution in [0.15, 0.2) is 267 Å². The molecular formula is C72H44. The van der Waals surface area contributed by atoms with Gasteiger partial charge >= 0.3 is 0 Å². The number of hydrogen-bond acceptors (Lipinski definition) is 0. The predicted molar refractivity (Wildman–Crippen MR) is 306 cm³/mol. The lowest BCUT2D eigenvalue weighted by Crippen LogP contribution is -1.93. The molecule has 2 aliphatic rings. The van der Waals surface area contributed by atoms with Gasteiger partial charge in [0.25, 0.3) is 0 Å². The van der Waals surface area contributed by atoms with Crippen molar-refractivity contribution >= 4 is 32.3 Å². The summed E-state index contributed by atoms with van der Waals surface area (Å²) in [4.78, 5) is 0. The van der Waals surface area contributed by atoms with Crippen LogP contribution in [0.5, 0.6) is 0 Å². The largest absolute Gasteiger partial charge is 0.0622 e. The molecule has 13 aromatic rings. The second-order valence-electron chi connectivity index (χ2n) is 19.4. The molecule has 0 heteroatoms. The molecule has 0 bridgehead atoms. The SMILES string of the molecule is c1ccc(-c2ccc(-c3ccc(-c4ccccc4)c4c3-c3ccc(-c5ccc6c7c(cccc57)-c5c-6c(-c6ccc(-c7ccccc7)cc6)c6ccccc6c5-c5ccccc5)c5cccc-4c35)cc2)cc1. The summed E-state index contributed by atoms with van der Waals surface area (Å²) in [5.74, 6) is 0. The van der Waals surface area contributed by atoms with Crippen molar-refractivity contribution in [3.8, 4) is 122 Å². The maximum absolute atomic E-state index is 2.43. The molecule has 0 saturated heterocycles. The van der Waals surface area contributed by atoms with Crippen LogP contribution >= 0.6 is 0 Å². The van der Waals surface area contributed by atoms with Crippen LogP contribution in [0.1, 0.15) is 0 Å². The monoisotopic (exact) mass is 908 g/mol. The van der Waals surface area contributed by atoms with Crippen molar-refractivity contribution in [1.82, 2.24) is 0 Å². The van der Waals surface area contributed by atoms with Gasteiger partial charge in [0.15, 0.2) is 0 Å². The average Bonchev–Trinajstić information content (AvgIpc) is 3.98. The summed E-state index contributed by atoms with van der Waals surface area (Å²) in [5.41, 5.74) is 27.8. The van der Waals surface area contributed by atoms with E-state index in [1.165, 1.54) is 155 Å². The van der Waals surface area contributed by atoms with E-state index in [0.717, 1.165) is 0 Å². The van der Waals surface area contributed by atoms with Gasteiger partial charge in [-0.3, -0.25) is 0 Å². The Morgan fingerprint density at radius 3 is 0.875 bits per heavy atom. The highest BCUT2D eigenvalue weighted by Gasteiger charge is 2.33. The molecule has 72 heavy (non-hydrogen) atoms. The summed E-state index contributed by atoms with van der Waals surface area (Å²) in [5, 5.41) is 7.72. The minimum Gasteiger partial charge on any atom is -0.0622 e. The second-order valence-corrected chi connectivity index (χ2v) is 19.4. The molecule has 0 spiro atoms. The Balaban J connectivity index is 0.949. The molecule has 0 radical (unpaired) electrons. The zero-order chi connectivity index (χ0) is 47.3. The quantitative estimate of drug-likeness (QED) is 0.149. The molecule has 2 aliphatic carbocycles. The molecule has 0 nitrogen and oxygen atoms in total. The third-order valence-electron chi connectivity index (χ3n) is 15.6. The standard InChI is InChI=1S/C72H44/c1-5-17-45(18-6-1)47-31-35-50(36-32-47)54-40-39-53(49-21-9-3-10-22-49)69-61-29-15-27-57-55(41-43-63(67(57)61)70(54)69)56-42-44-64-68-58(56)28-16-30-62(68)71-65(51-23-11-4-12-24-51)59-25-13-14-26-60(59)66(72(64)71)52-37-33-48(34-38-52)46-19-7-2-8-20-46/h1-44H. The molecule has 15 rings (SSSR count). The molecule has 0 unspecified atom stereocenters. The van der Waals surface area contributed by atoms with Crippen LogP contribution in [0, 0.1) is 0 Å². The number of rotatable bonds is 7. The van der Waals surface area contributed by atoms with Gasteiger partial charge in [-0.05, 0) is 155 Å². The molecule has 332 valence electrons. The van der Waals surface area contributed by atoms with Gasteiger partial charge in [0.2, 0.25) is 0 Å². The molecule has 0 fully saturated rings. The van der Waals surface area contributed by atoms with Gasteiger partial charge < -0.3 is 0 Å². The van der Waals surface area contributed by atoms with Crippen molar-refractivity contribution in [2.24, 2.45) is 0 Å². The minimum atomic E-state index is 1.22. The molecule has 0 heterocycles. The highest BCUT2D eigenvalue weighted by Crippen LogP contribution is 2.60. The number of benzene rings is 13. The first-order valence-electron chi connectivity index (χ1n) is 25.1. The lowest BCUT2D eigenvalue weighted by Gasteiger charge is -2.20. The lowest BCUT2D eigenvalue weighted by atomic mass is 9.82. The third kappa shape index (κ3) is 6.06. The van der Waals surface area contributed by atoms with Crippen LogP contribution in [-0.4, -0.2) is 0 Å². The van der Waals surface area contributed by atoms with Gasteiger partial charge in [0, 0.05) is 0 Å². The Kier molecular flexibility index (Phi) is 9.06. The van der Waals surface area contributed by atoms with Crippen LogP contribution < -0.4 is 0 Å². The molecule has 0 amide bonds. The van der Waals surface area contributed by atoms with E-state index in [1.807, 2.05) is 0 Å². The molecule has 0 aromatic heterocycles. The molecular weight excluding hydrogens is 865 g/mol. The van der Waals surface area contributed by atoms with Crippen molar-refractivity contribution in [3.05, 3.63) is 267 Å². The van der Waals surface area contributed by atoms with Gasteiger partial charge in [0.05, 0.1) is 0 Å². The summed E-state index contributed by atoms with van der Waals surface area (Å²) in [6, 6.07) is 99.2. The first-order valence-corrected chi connectivity index (χ1v) is 25.1. The first kappa shape index (κ1) is 40.5. The van der Waals surface area contributed by atoms with E-state index in [4.69, 9.17) is 0 Å². The smallest absolute Gasteiger partial charge is 0.000741 e. The van der Waals surface area contributed by atoms with E-state index in [-0.39, 0.29) is 0 Å². The first-order chi connectivity index (χ1) is 35.8. The highest BCUT2D eigenvalue weighted by atomic mass is 14.4. The predicted octanol–water partition coefficient (Wildman–Crippen LogP) is 20.1. The lowest BCUT2D eigenvalue weighted by molar-refractivity contribution is 1.58. The van der Waals surface area contributed by atoms with Crippen LogP contribution in [0.4, 0.5) is 0 Å². The Morgan fingerprint density at radius 2 is 0.403 bits per heavy atom. The fourth-order valence-electron chi connectivity index (χ4n) is 12.5. The summed E-state index contributed by atoms with van der Waals surface area (Å²) >= 11 is 0. The van der Waals surface area contributed by atoms with Crippen molar-refractivity contribution in [2.75, 3.05) is 0 Å². The van der Waals surface area contributed by atoms with Crippen LogP contribution in [0.3, 0.4) is 0 Å². The number of hydrogen-bond donors (Lipinski definition) is 0. The van der Waals surface area contributed by atoms with E-state index in [0.29, 0.717) is 0 Å². The van der Waals surface area contributed by atoms with Gasteiger partial charge in [0.1, 0.15) is 0 Å². The summed E-state index contributed by atoms with van der Waals surface area (Å²) in [6.45, 7) is 0. The Labute approximate surface area is 419 Å². The summed E-state index contributed by atoms with van der Waals surface area (Å²) < 4.78 is 0. The zero-order valence-electron chi connectivity index (χ0n) is 39.4. The van der Waals surface area contributed by atoms with E-state index in [9.17, 15) is 0 Å². The van der Waals surface area contributed by atoms with Gasteiger partial charge in [-0.2, -0.15) is 0 Å². The zero-order valence-corrected chi connectivity index (χ0v) is 39.4. The Morgan fingerprint density at radius 1 is 0.125 bits per heavy atom. The summed E-state index contributed by atoms with van der Waals surface area (Å²) in [6.07, 6.45) is 0. The van der Waals surface area contributed by atoms with Crippen molar-refractivity contribution < 1.29 is 0 Å². The average molecular weight is 909 g/mol. The van der Waals surface area contributed by atoms with Gasteiger partial charge in [-0.1, -0.05) is 267 Å².